The molecule has 148 valence electrons. The van der Waals surface area contributed by atoms with Gasteiger partial charge in [0.2, 0.25) is 5.91 Å². The van der Waals surface area contributed by atoms with E-state index in [1.165, 1.54) is 11.8 Å². The molecule has 2 aromatic carbocycles. The third kappa shape index (κ3) is 3.65. The van der Waals surface area contributed by atoms with E-state index in [4.69, 9.17) is 0 Å². The lowest BCUT2D eigenvalue weighted by Crippen LogP contribution is -2.24. The van der Waals surface area contributed by atoms with Gasteiger partial charge in [0.15, 0.2) is 10.8 Å². The zero-order valence-corrected chi connectivity index (χ0v) is 17.3. The summed E-state index contributed by atoms with van der Waals surface area (Å²) in [6.45, 7) is 6.12. The van der Waals surface area contributed by atoms with Crippen molar-refractivity contribution in [2.75, 3.05) is 5.32 Å². The van der Waals surface area contributed by atoms with Crippen LogP contribution in [0.5, 0.6) is 5.75 Å². The normalized spacial score (nSPS) is 12.4. The number of nitrogens with zero attached hydrogens (tertiary/aromatic N) is 3. The molecule has 1 amide bonds. The number of phenolic OH excluding ortho intramolecular Hbond substituents is 1. The lowest BCUT2D eigenvalue weighted by atomic mass is 10.1. The van der Waals surface area contributed by atoms with Gasteiger partial charge in [-0.15, -0.1) is 10.2 Å². The average Bonchev–Trinajstić information content (AvgIpc) is 3.10. The van der Waals surface area contributed by atoms with Crippen molar-refractivity contribution in [1.29, 1.82) is 0 Å². The van der Waals surface area contributed by atoms with Crippen molar-refractivity contribution in [3.8, 4) is 5.75 Å². The number of fused-ring (bicyclic) bond motifs is 3. The highest BCUT2D eigenvalue weighted by molar-refractivity contribution is 8.00. The molecule has 0 bridgehead atoms. The van der Waals surface area contributed by atoms with E-state index in [1.54, 1.807) is 24.3 Å². The molecule has 4 rings (SSSR count). The number of carbonyl (C=O) groups excluding carboxylic acids is 1. The van der Waals surface area contributed by atoms with Gasteiger partial charge in [0.1, 0.15) is 5.75 Å². The fourth-order valence-corrected chi connectivity index (χ4v) is 4.39. The van der Waals surface area contributed by atoms with E-state index in [-0.39, 0.29) is 16.9 Å². The zero-order valence-electron chi connectivity index (χ0n) is 16.5. The summed E-state index contributed by atoms with van der Waals surface area (Å²) in [5.41, 5.74) is 4.79. The molecule has 2 heterocycles. The molecule has 7 heteroatoms. The van der Waals surface area contributed by atoms with Gasteiger partial charge in [-0.25, -0.2) is 0 Å². The Morgan fingerprint density at radius 2 is 1.90 bits per heavy atom. The molecule has 0 radical (unpaired) electrons. The topological polar surface area (TPSA) is 79.5 Å². The van der Waals surface area contributed by atoms with Crippen molar-refractivity contribution >= 4 is 39.9 Å². The van der Waals surface area contributed by atoms with Crippen LogP contribution in [0.15, 0.2) is 53.7 Å². The van der Waals surface area contributed by atoms with Crippen LogP contribution in [-0.4, -0.2) is 30.9 Å². The molecule has 0 saturated heterocycles. The van der Waals surface area contributed by atoms with Gasteiger partial charge in [0.25, 0.3) is 0 Å². The number of anilines is 1. The monoisotopic (exact) mass is 406 g/mol. The molecule has 6 nitrogen and oxygen atoms in total. The minimum absolute atomic E-state index is 0.104. The maximum Gasteiger partial charge on any atom is 0.237 e. The molecule has 0 saturated carbocycles. The Balaban J connectivity index is 1.69. The number of aromatic hydroxyl groups is 1. The number of thioether (sulfide) groups is 1. The number of benzene rings is 2. The van der Waals surface area contributed by atoms with E-state index in [1.807, 2.05) is 23.5 Å². The van der Waals surface area contributed by atoms with E-state index in [0.29, 0.717) is 17.3 Å². The number of hydrogen-bond acceptors (Lipinski definition) is 5. The highest BCUT2D eigenvalue weighted by Crippen LogP contribution is 2.31. The average molecular weight is 407 g/mol. The van der Waals surface area contributed by atoms with Crippen molar-refractivity contribution < 1.29 is 9.90 Å². The Morgan fingerprint density at radius 1 is 1.14 bits per heavy atom. The van der Waals surface area contributed by atoms with Crippen LogP contribution in [0.4, 0.5) is 5.69 Å². The first-order valence-corrected chi connectivity index (χ1v) is 10.4. The lowest BCUT2D eigenvalue weighted by molar-refractivity contribution is -0.115. The Bertz CT molecular complexity index is 1200. The molecule has 2 aromatic heterocycles. The van der Waals surface area contributed by atoms with Gasteiger partial charge in [-0.1, -0.05) is 36.9 Å². The summed E-state index contributed by atoms with van der Waals surface area (Å²) < 4.78 is 2.04. The highest BCUT2D eigenvalue weighted by Gasteiger charge is 2.22. The molecule has 0 aliphatic rings. The van der Waals surface area contributed by atoms with E-state index < -0.39 is 0 Å². The molecule has 0 spiro atoms. The molecule has 1 atom stereocenters. The summed E-state index contributed by atoms with van der Waals surface area (Å²) in [6.07, 6.45) is 0.645. The number of carbonyl (C=O) groups is 1. The minimum Gasteiger partial charge on any atom is -0.508 e. The number of phenols is 1. The summed E-state index contributed by atoms with van der Waals surface area (Å²) in [5.74, 6) is 0.0602. The maximum atomic E-state index is 12.8. The van der Waals surface area contributed by atoms with Crippen LogP contribution >= 0.6 is 11.8 Å². The lowest BCUT2D eigenvalue weighted by Gasteiger charge is -2.15. The summed E-state index contributed by atoms with van der Waals surface area (Å²) in [7, 11) is 0. The van der Waals surface area contributed by atoms with E-state index in [2.05, 4.69) is 41.5 Å². The van der Waals surface area contributed by atoms with Crippen LogP contribution in [0.1, 0.15) is 24.5 Å². The van der Waals surface area contributed by atoms with Crippen LogP contribution < -0.4 is 5.32 Å². The third-order valence-corrected chi connectivity index (χ3v) is 6.24. The predicted octanol–water partition coefficient (Wildman–Crippen LogP) is 4.71. The van der Waals surface area contributed by atoms with Crippen LogP contribution in [0.3, 0.4) is 0 Å². The van der Waals surface area contributed by atoms with Gasteiger partial charge in [0.05, 0.1) is 10.8 Å². The smallest absolute Gasteiger partial charge is 0.237 e. The standard InChI is InChI=1S/C22H22N4O2S/c1-4-18(21(28)23-15-8-10-16(27)11-9-15)29-22-25-24-19-12-14(3)17-7-5-6-13(2)20(17)26(19)22/h5-12,18,27H,4H2,1-3H3,(H,23,28). The third-order valence-electron chi connectivity index (χ3n) is 4.94. The molecule has 2 N–H and O–H groups in total. The van der Waals surface area contributed by atoms with Gasteiger partial charge in [-0.2, -0.15) is 0 Å². The summed E-state index contributed by atoms with van der Waals surface area (Å²) in [6, 6.07) is 14.7. The number of amides is 1. The van der Waals surface area contributed by atoms with Crippen molar-refractivity contribution in [1.82, 2.24) is 14.6 Å². The first-order valence-electron chi connectivity index (χ1n) is 9.48. The van der Waals surface area contributed by atoms with Crippen LogP contribution in [0.25, 0.3) is 16.6 Å². The number of aryl methyl sites for hydroxylation is 2. The first kappa shape index (κ1) is 19.3. The molecule has 1 unspecified atom stereocenters. The minimum atomic E-state index is -0.323. The number of rotatable bonds is 5. The van der Waals surface area contributed by atoms with Gasteiger partial charge >= 0.3 is 0 Å². The second kappa shape index (κ2) is 7.75. The largest absolute Gasteiger partial charge is 0.508 e. The fraction of sp³-hybridized carbons (Fsp3) is 0.227. The summed E-state index contributed by atoms with van der Waals surface area (Å²) in [5, 5.41) is 22.6. The highest BCUT2D eigenvalue weighted by atomic mass is 32.2. The molecule has 0 aliphatic heterocycles. The second-order valence-corrected chi connectivity index (χ2v) is 8.20. The number of aromatic nitrogens is 3. The first-order chi connectivity index (χ1) is 14.0. The second-order valence-electron chi connectivity index (χ2n) is 7.03. The number of pyridine rings is 1. The maximum absolute atomic E-state index is 12.8. The molecule has 29 heavy (non-hydrogen) atoms. The Kier molecular flexibility index (Phi) is 5.15. The molecular formula is C22H22N4O2S. The molecular weight excluding hydrogens is 384 g/mol. The summed E-state index contributed by atoms with van der Waals surface area (Å²) in [4.78, 5) is 12.8. The predicted molar refractivity (Wildman–Crippen MR) is 117 cm³/mol. The zero-order chi connectivity index (χ0) is 20.5. The van der Waals surface area contributed by atoms with Crippen LogP contribution in [0, 0.1) is 13.8 Å². The van der Waals surface area contributed by atoms with Gasteiger partial charge < -0.3 is 10.4 Å². The Morgan fingerprint density at radius 3 is 2.62 bits per heavy atom. The number of hydrogen-bond donors (Lipinski definition) is 2. The van der Waals surface area contributed by atoms with Crippen molar-refractivity contribution in [2.45, 2.75) is 37.6 Å². The van der Waals surface area contributed by atoms with Gasteiger partial charge in [-0.05, 0) is 61.7 Å². The number of para-hydroxylation sites is 1. The fourth-order valence-electron chi connectivity index (χ4n) is 3.42. The molecule has 0 fully saturated rings. The Labute approximate surface area is 173 Å². The van der Waals surface area contributed by atoms with Crippen molar-refractivity contribution in [3.05, 3.63) is 59.7 Å². The van der Waals surface area contributed by atoms with Crippen molar-refractivity contribution in [2.24, 2.45) is 0 Å². The van der Waals surface area contributed by atoms with E-state index >= 15 is 0 Å². The number of nitrogens with one attached hydrogen (secondary N) is 1. The Hall–Kier alpha value is -3.06. The van der Waals surface area contributed by atoms with Gasteiger partial charge in [0, 0.05) is 11.1 Å². The quantitative estimate of drug-likeness (QED) is 0.370. The summed E-state index contributed by atoms with van der Waals surface area (Å²) >= 11 is 1.41. The van der Waals surface area contributed by atoms with E-state index in [9.17, 15) is 9.90 Å². The SMILES string of the molecule is CCC(Sc1nnc2cc(C)c3cccc(C)c3n12)C(=O)Nc1ccc(O)cc1. The van der Waals surface area contributed by atoms with Crippen LogP contribution in [0.2, 0.25) is 0 Å². The molecule has 4 aromatic rings. The van der Waals surface area contributed by atoms with E-state index in [0.717, 1.165) is 27.7 Å². The van der Waals surface area contributed by atoms with Gasteiger partial charge in [-0.3, -0.25) is 9.20 Å². The van der Waals surface area contributed by atoms with Crippen molar-refractivity contribution in [3.63, 3.8) is 0 Å². The van der Waals surface area contributed by atoms with Crippen LogP contribution in [-0.2, 0) is 4.79 Å². The molecule has 0 aliphatic carbocycles.